The van der Waals surface area contributed by atoms with Crippen LogP contribution in [0.1, 0.15) is 32.4 Å². The van der Waals surface area contributed by atoms with Gasteiger partial charge in [0.1, 0.15) is 5.75 Å². The van der Waals surface area contributed by atoms with Crippen molar-refractivity contribution in [1.82, 2.24) is 0 Å². The summed E-state index contributed by atoms with van der Waals surface area (Å²) in [6, 6.07) is 7.94. The number of hydrogen-bond acceptors (Lipinski definition) is 3. The van der Waals surface area contributed by atoms with Crippen molar-refractivity contribution in [3.8, 4) is 5.75 Å². The van der Waals surface area contributed by atoms with Gasteiger partial charge in [0.15, 0.2) is 0 Å². The second-order valence-corrected chi connectivity index (χ2v) is 5.90. The lowest BCUT2D eigenvalue weighted by atomic mass is 10.1. The Hall–Kier alpha value is -0.580. The molecule has 1 aromatic carbocycles. The van der Waals surface area contributed by atoms with Crippen LogP contribution in [-0.4, -0.2) is 31.3 Å². The number of alkyl halides is 1. The van der Waals surface area contributed by atoms with Crippen LogP contribution >= 0.6 is 15.9 Å². The molecule has 1 atom stereocenters. The van der Waals surface area contributed by atoms with E-state index in [1.165, 1.54) is 0 Å². The Morgan fingerprint density at radius 2 is 1.74 bits per heavy atom. The predicted molar refractivity (Wildman–Crippen MR) is 81.2 cm³/mol. The molecule has 0 fully saturated rings. The summed E-state index contributed by atoms with van der Waals surface area (Å²) in [6.07, 6.45) is 0.0366. The van der Waals surface area contributed by atoms with E-state index in [0.29, 0.717) is 13.2 Å². The van der Waals surface area contributed by atoms with Crippen molar-refractivity contribution >= 4 is 15.9 Å². The quantitative estimate of drug-likeness (QED) is 0.559. The zero-order chi connectivity index (χ0) is 14.3. The standard InChI is InChI=1S/C15H23BrO3/c1-15(2,3)19-10-9-18-14(11-16)12-5-7-13(17-4)8-6-12/h5-8,14H,9-11H2,1-4H3. The van der Waals surface area contributed by atoms with Crippen LogP contribution in [-0.2, 0) is 9.47 Å². The molecule has 108 valence electrons. The Balaban J connectivity index is 2.44. The first-order chi connectivity index (χ1) is 8.96. The normalized spacial score (nSPS) is 13.3. The summed E-state index contributed by atoms with van der Waals surface area (Å²) in [5, 5.41) is 0.759. The van der Waals surface area contributed by atoms with Gasteiger partial charge in [-0.25, -0.2) is 0 Å². The largest absolute Gasteiger partial charge is 0.497 e. The number of halogens is 1. The van der Waals surface area contributed by atoms with Crippen LogP contribution in [0.5, 0.6) is 5.75 Å². The summed E-state index contributed by atoms with van der Waals surface area (Å²) in [4.78, 5) is 0. The monoisotopic (exact) mass is 330 g/mol. The summed E-state index contributed by atoms with van der Waals surface area (Å²) >= 11 is 3.48. The third kappa shape index (κ3) is 6.41. The van der Waals surface area contributed by atoms with Gasteiger partial charge in [0.05, 0.1) is 32.0 Å². The zero-order valence-electron chi connectivity index (χ0n) is 12.1. The van der Waals surface area contributed by atoms with Crippen molar-refractivity contribution in [2.75, 3.05) is 25.7 Å². The third-order valence-electron chi connectivity index (χ3n) is 2.57. The molecule has 19 heavy (non-hydrogen) atoms. The SMILES string of the molecule is COc1ccc(C(CBr)OCCOC(C)(C)C)cc1. The van der Waals surface area contributed by atoms with Crippen molar-refractivity contribution in [1.29, 1.82) is 0 Å². The van der Waals surface area contributed by atoms with Gasteiger partial charge in [0.2, 0.25) is 0 Å². The van der Waals surface area contributed by atoms with Crippen LogP contribution in [0.3, 0.4) is 0 Å². The van der Waals surface area contributed by atoms with Gasteiger partial charge in [-0.05, 0) is 38.5 Å². The highest BCUT2D eigenvalue weighted by Gasteiger charge is 2.13. The summed E-state index contributed by atoms with van der Waals surface area (Å²) in [5.41, 5.74) is 1.02. The molecule has 0 heterocycles. The van der Waals surface area contributed by atoms with Crippen LogP contribution in [0.25, 0.3) is 0 Å². The third-order valence-corrected chi connectivity index (χ3v) is 3.15. The zero-order valence-corrected chi connectivity index (χ0v) is 13.7. The van der Waals surface area contributed by atoms with Gasteiger partial charge in [0, 0.05) is 5.33 Å². The minimum Gasteiger partial charge on any atom is -0.497 e. The molecule has 1 unspecified atom stereocenters. The van der Waals surface area contributed by atoms with Crippen molar-refractivity contribution in [3.63, 3.8) is 0 Å². The minimum atomic E-state index is -0.118. The van der Waals surface area contributed by atoms with E-state index in [0.717, 1.165) is 16.6 Å². The van der Waals surface area contributed by atoms with E-state index in [2.05, 4.69) is 15.9 Å². The number of rotatable bonds is 7. The van der Waals surface area contributed by atoms with Gasteiger partial charge in [-0.1, -0.05) is 28.1 Å². The highest BCUT2D eigenvalue weighted by Crippen LogP contribution is 2.22. The molecule has 1 aromatic rings. The van der Waals surface area contributed by atoms with Gasteiger partial charge >= 0.3 is 0 Å². The molecule has 0 aromatic heterocycles. The Bertz CT molecular complexity index is 357. The molecule has 3 nitrogen and oxygen atoms in total. The predicted octanol–water partition coefficient (Wildman–Crippen LogP) is 3.96. The van der Waals surface area contributed by atoms with Crippen molar-refractivity contribution < 1.29 is 14.2 Å². The average Bonchev–Trinajstić information content (AvgIpc) is 2.38. The Morgan fingerprint density at radius 3 is 2.21 bits per heavy atom. The highest BCUT2D eigenvalue weighted by atomic mass is 79.9. The van der Waals surface area contributed by atoms with E-state index in [4.69, 9.17) is 14.2 Å². The number of hydrogen-bond donors (Lipinski definition) is 0. The summed E-state index contributed by atoms with van der Waals surface area (Å²) in [7, 11) is 1.66. The van der Waals surface area contributed by atoms with E-state index in [9.17, 15) is 0 Å². The van der Waals surface area contributed by atoms with Gasteiger partial charge in [-0.2, -0.15) is 0 Å². The average molecular weight is 331 g/mol. The number of benzene rings is 1. The minimum absolute atomic E-state index is 0.0366. The summed E-state index contributed by atoms with van der Waals surface area (Å²) in [6.45, 7) is 7.30. The first kappa shape index (κ1) is 16.5. The summed E-state index contributed by atoms with van der Waals surface area (Å²) in [5.74, 6) is 0.855. The maximum absolute atomic E-state index is 5.83. The van der Waals surface area contributed by atoms with Gasteiger partial charge < -0.3 is 14.2 Å². The molecule has 0 N–H and O–H groups in total. The Kier molecular flexibility index (Phi) is 6.83. The Labute approximate surface area is 124 Å². The molecule has 0 radical (unpaired) electrons. The fraction of sp³-hybridized carbons (Fsp3) is 0.600. The lowest BCUT2D eigenvalue weighted by Gasteiger charge is -2.21. The van der Waals surface area contributed by atoms with Crippen molar-refractivity contribution in [2.45, 2.75) is 32.5 Å². The first-order valence-electron chi connectivity index (χ1n) is 6.42. The maximum atomic E-state index is 5.83. The molecule has 0 aliphatic carbocycles. The van der Waals surface area contributed by atoms with Gasteiger partial charge in [-0.15, -0.1) is 0 Å². The fourth-order valence-corrected chi connectivity index (χ4v) is 2.15. The molecule has 0 saturated carbocycles. The van der Waals surface area contributed by atoms with E-state index in [1.807, 2.05) is 45.0 Å². The number of ether oxygens (including phenoxy) is 3. The second-order valence-electron chi connectivity index (χ2n) is 5.25. The molecule has 0 saturated heterocycles. The van der Waals surface area contributed by atoms with Crippen LogP contribution in [0.15, 0.2) is 24.3 Å². The van der Waals surface area contributed by atoms with Crippen LogP contribution in [0.2, 0.25) is 0 Å². The molecule has 0 amide bonds. The van der Waals surface area contributed by atoms with Crippen LogP contribution in [0.4, 0.5) is 0 Å². The lowest BCUT2D eigenvalue weighted by molar-refractivity contribution is -0.0480. The highest BCUT2D eigenvalue weighted by molar-refractivity contribution is 9.09. The molecule has 0 spiro atoms. The van der Waals surface area contributed by atoms with E-state index >= 15 is 0 Å². The maximum Gasteiger partial charge on any atom is 0.118 e. The Morgan fingerprint density at radius 1 is 1.11 bits per heavy atom. The molecular formula is C15H23BrO3. The fourth-order valence-electron chi connectivity index (χ4n) is 1.59. The van der Waals surface area contributed by atoms with Crippen molar-refractivity contribution in [2.24, 2.45) is 0 Å². The topological polar surface area (TPSA) is 27.7 Å². The van der Waals surface area contributed by atoms with Crippen molar-refractivity contribution in [3.05, 3.63) is 29.8 Å². The molecule has 0 bridgehead atoms. The van der Waals surface area contributed by atoms with E-state index in [1.54, 1.807) is 7.11 Å². The molecule has 0 aliphatic rings. The molecule has 1 rings (SSSR count). The smallest absolute Gasteiger partial charge is 0.118 e. The molecule has 0 aliphatic heterocycles. The second kappa shape index (κ2) is 7.88. The molecule has 4 heteroatoms. The van der Waals surface area contributed by atoms with E-state index < -0.39 is 0 Å². The number of methoxy groups -OCH3 is 1. The van der Waals surface area contributed by atoms with Crippen LogP contribution < -0.4 is 4.74 Å². The first-order valence-corrected chi connectivity index (χ1v) is 7.54. The summed E-state index contributed by atoms with van der Waals surface area (Å²) < 4.78 is 16.6. The van der Waals surface area contributed by atoms with Gasteiger partial charge in [-0.3, -0.25) is 0 Å². The van der Waals surface area contributed by atoms with E-state index in [-0.39, 0.29) is 11.7 Å². The van der Waals surface area contributed by atoms with Crippen LogP contribution in [0, 0.1) is 0 Å². The molecular weight excluding hydrogens is 308 g/mol. The lowest BCUT2D eigenvalue weighted by Crippen LogP contribution is -2.22. The van der Waals surface area contributed by atoms with Gasteiger partial charge in [0.25, 0.3) is 0 Å².